The fourth-order valence-corrected chi connectivity index (χ4v) is 1.33. The Bertz CT molecular complexity index is 481. The Morgan fingerprint density at radius 2 is 2.29 bits per heavy atom. The molecule has 1 aromatic carbocycles. The van der Waals surface area contributed by atoms with Gasteiger partial charge in [-0.1, -0.05) is 12.1 Å². The number of aromatic nitrogens is 1. The second-order valence-electron chi connectivity index (χ2n) is 3.40. The molecule has 1 N–H and O–H groups in total. The molecule has 0 fully saturated rings. The summed E-state index contributed by atoms with van der Waals surface area (Å²) in [6.07, 6.45) is 1.51. The van der Waals surface area contributed by atoms with Gasteiger partial charge in [0.1, 0.15) is 24.3 Å². The minimum Gasteiger partial charge on any atom is -0.497 e. The lowest BCUT2D eigenvalue weighted by atomic mass is 10.2. The minimum absolute atomic E-state index is 0.150. The Hall–Kier alpha value is -2.01. The molecule has 2 rings (SSSR count). The van der Waals surface area contributed by atoms with Crippen molar-refractivity contribution < 1.29 is 19.0 Å². The van der Waals surface area contributed by atoms with Crippen molar-refractivity contribution in [2.75, 3.05) is 7.11 Å². The fourth-order valence-electron chi connectivity index (χ4n) is 1.33. The van der Waals surface area contributed by atoms with E-state index in [9.17, 15) is 0 Å². The van der Waals surface area contributed by atoms with Crippen LogP contribution >= 0.6 is 0 Å². The van der Waals surface area contributed by atoms with Gasteiger partial charge < -0.3 is 19.0 Å². The van der Waals surface area contributed by atoms with Crippen LogP contribution in [0.2, 0.25) is 0 Å². The van der Waals surface area contributed by atoms with Crippen molar-refractivity contribution >= 4 is 0 Å². The summed E-state index contributed by atoms with van der Waals surface area (Å²) in [5, 5.41) is 8.81. The number of hydrogen-bond donors (Lipinski definition) is 1. The molecule has 0 atom stereocenters. The van der Waals surface area contributed by atoms with Crippen LogP contribution in [-0.4, -0.2) is 17.2 Å². The zero-order valence-corrected chi connectivity index (χ0v) is 9.42. The van der Waals surface area contributed by atoms with Crippen LogP contribution in [0.5, 0.6) is 11.8 Å². The fraction of sp³-hybridized carbons (Fsp3) is 0.250. The maximum atomic E-state index is 8.81. The molecule has 5 nitrogen and oxygen atoms in total. The molecule has 0 amide bonds. The van der Waals surface area contributed by atoms with Gasteiger partial charge in [-0.05, 0) is 17.7 Å². The highest BCUT2D eigenvalue weighted by molar-refractivity contribution is 5.28. The molecular weight excluding hydrogens is 222 g/mol. The highest BCUT2D eigenvalue weighted by Gasteiger charge is 2.04. The smallest absolute Gasteiger partial charge is 0.394 e. The third kappa shape index (κ3) is 2.98. The Morgan fingerprint density at radius 1 is 1.41 bits per heavy atom. The van der Waals surface area contributed by atoms with E-state index < -0.39 is 0 Å². The Labute approximate surface area is 98.6 Å². The van der Waals surface area contributed by atoms with E-state index in [4.69, 9.17) is 19.0 Å². The number of aliphatic hydroxyl groups excluding tert-OH is 1. The number of ether oxygens (including phenoxy) is 2. The van der Waals surface area contributed by atoms with Gasteiger partial charge >= 0.3 is 6.08 Å². The number of hydrogen-bond acceptors (Lipinski definition) is 5. The molecule has 0 aliphatic heterocycles. The van der Waals surface area contributed by atoms with E-state index in [2.05, 4.69) is 4.98 Å². The topological polar surface area (TPSA) is 64.7 Å². The van der Waals surface area contributed by atoms with E-state index >= 15 is 0 Å². The van der Waals surface area contributed by atoms with Gasteiger partial charge in [0.05, 0.1) is 13.7 Å². The third-order valence-electron chi connectivity index (χ3n) is 2.19. The van der Waals surface area contributed by atoms with Gasteiger partial charge in [-0.2, -0.15) is 4.98 Å². The average molecular weight is 235 g/mol. The molecule has 2 aromatic rings. The number of nitrogens with zero attached hydrogens (tertiary/aromatic N) is 1. The summed E-state index contributed by atoms with van der Waals surface area (Å²) in [6, 6.07) is 7.53. The number of oxazole rings is 1. The van der Waals surface area contributed by atoms with Crippen molar-refractivity contribution in [3.8, 4) is 11.8 Å². The molecule has 0 radical (unpaired) electrons. The third-order valence-corrected chi connectivity index (χ3v) is 2.19. The van der Waals surface area contributed by atoms with Gasteiger partial charge in [0.15, 0.2) is 0 Å². The molecular formula is C12H13NO4. The van der Waals surface area contributed by atoms with Crippen LogP contribution in [0.25, 0.3) is 0 Å². The number of rotatable bonds is 5. The molecule has 17 heavy (non-hydrogen) atoms. The van der Waals surface area contributed by atoms with Gasteiger partial charge in [-0.25, -0.2) is 0 Å². The molecule has 0 saturated heterocycles. The lowest BCUT2D eigenvalue weighted by molar-refractivity contribution is 0.219. The van der Waals surface area contributed by atoms with E-state index in [0.29, 0.717) is 12.3 Å². The summed E-state index contributed by atoms with van der Waals surface area (Å²) in [5.74, 6) is 0.773. The minimum atomic E-state index is -0.161. The first-order chi connectivity index (χ1) is 8.31. The molecule has 0 bridgehead atoms. The van der Waals surface area contributed by atoms with Gasteiger partial charge in [-0.15, -0.1) is 0 Å². The van der Waals surface area contributed by atoms with Gasteiger partial charge in [0.25, 0.3) is 0 Å². The zero-order chi connectivity index (χ0) is 12.1. The molecule has 0 aliphatic carbocycles. The number of methoxy groups -OCH3 is 1. The van der Waals surface area contributed by atoms with Crippen molar-refractivity contribution in [2.24, 2.45) is 0 Å². The highest BCUT2D eigenvalue weighted by Crippen LogP contribution is 2.16. The van der Waals surface area contributed by atoms with Crippen molar-refractivity contribution in [2.45, 2.75) is 13.2 Å². The standard InChI is InChI=1S/C12H13NO4/c1-15-11-4-2-3-9(5-11)7-16-12-13-10(6-14)8-17-12/h2-5,8,14H,6-7H2,1H3. The van der Waals surface area contributed by atoms with Gasteiger partial charge in [0, 0.05) is 0 Å². The number of benzene rings is 1. The van der Waals surface area contributed by atoms with Gasteiger partial charge in [-0.3, -0.25) is 0 Å². The van der Waals surface area contributed by atoms with Crippen LogP contribution in [0.15, 0.2) is 34.9 Å². The largest absolute Gasteiger partial charge is 0.497 e. The second-order valence-corrected chi connectivity index (χ2v) is 3.40. The van der Waals surface area contributed by atoms with Crippen LogP contribution in [0.4, 0.5) is 0 Å². The molecule has 0 spiro atoms. The zero-order valence-electron chi connectivity index (χ0n) is 9.42. The summed E-state index contributed by atoms with van der Waals surface area (Å²) >= 11 is 0. The van der Waals surface area contributed by atoms with Crippen LogP contribution in [0, 0.1) is 0 Å². The molecule has 0 saturated carbocycles. The van der Waals surface area contributed by atoms with E-state index in [-0.39, 0.29) is 12.7 Å². The molecule has 1 aromatic heterocycles. The van der Waals surface area contributed by atoms with E-state index in [1.54, 1.807) is 7.11 Å². The highest BCUT2D eigenvalue weighted by atomic mass is 16.6. The quantitative estimate of drug-likeness (QED) is 0.855. The van der Waals surface area contributed by atoms with Crippen LogP contribution in [0.3, 0.4) is 0 Å². The van der Waals surface area contributed by atoms with Crippen LogP contribution in [0.1, 0.15) is 11.3 Å². The Morgan fingerprint density at radius 3 is 3.00 bits per heavy atom. The SMILES string of the molecule is COc1cccc(COc2nc(CO)co2)c1. The monoisotopic (exact) mass is 235 g/mol. The van der Waals surface area contributed by atoms with E-state index in [0.717, 1.165) is 11.3 Å². The summed E-state index contributed by atoms with van der Waals surface area (Å²) in [5.41, 5.74) is 1.40. The first-order valence-electron chi connectivity index (χ1n) is 5.13. The van der Waals surface area contributed by atoms with Crippen LogP contribution in [-0.2, 0) is 13.2 Å². The summed E-state index contributed by atoms with van der Waals surface area (Å²) in [4.78, 5) is 3.92. The predicted molar refractivity (Wildman–Crippen MR) is 59.8 cm³/mol. The Balaban J connectivity index is 1.96. The van der Waals surface area contributed by atoms with Crippen LogP contribution < -0.4 is 9.47 Å². The lowest BCUT2D eigenvalue weighted by Crippen LogP contribution is -1.96. The predicted octanol–water partition coefficient (Wildman–Crippen LogP) is 1.75. The summed E-state index contributed by atoms with van der Waals surface area (Å²) in [6.45, 7) is 0.175. The molecule has 5 heteroatoms. The van der Waals surface area contributed by atoms with Crippen molar-refractivity contribution in [3.05, 3.63) is 41.8 Å². The normalized spacial score (nSPS) is 10.2. The maximum absolute atomic E-state index is 8.81. The maximum Gasteiger partial charge on any atom is 0.394 e. The molecule has 90 valence electrons. The average Bonchev–Trinajstić information content (AvgIpc) is 2.84. The summed E-state index contributed by atoms with van der Waals surface area (Å²) in [7, 11) is 1.61. The first kappa shape index (κ1) is 11.5. The Kier molecular flexibility index (Phi) is 3.62. The molecule has 0 aliphatic rings. The van der Waals surface area contributed by atoms with Crippen molar-refractivity contribution in [3.63, 3.8) is 0 Å². The van der Waals surface area contributed by atoms with Crippen molar-refractivity contribution in [1.29, 1.82) is 0 Å². The summed E-state index contributed by atoms with van der Waals surface area (Å²) < 4.78 is 15.4. The van der Waals surface area contributed by atoms with E-state index in [1.807, 2.05) is 24.3 Å². The first-order valence-corrected chi connectivity index (χ1v) is 5.13. The second kappa shape index (κ2) is 5.36. The van der Waals surface area contributed by atoms with Crippen molar-refractivity contribution in [1.82, 2.24) is 4.98 Å². The molecule has 1 heterocycles. The molecule has 0 unspecified atom stereocenters. The van der Waals surface area contributed by atoms with Gasteiger partial charge in [0.2, 0.25) is 0 Å². The lowest BCUT2D eigenvalue weighted by Gasteiger charge is -2.04. The van der Waals surface area contributed by atoms with E-state index in [1.165, 1.54) is 6.26 Å². The number of aliphatic hydroxyl groups is 1.